The van der Waals surface area contributed by atoms with E-state index in [2.05, 4.69) is 10.3 Å². The minimum Gasteiger partial charge on any atom is -0.451 e. The highest BCUT2D eigenvalue weighted by Gasteiger charge is 2.04. The third kappa shape index (κ3) is 2.92. The lowest BCUT2D eigenvalue weighted by atomic mass is 10.3. The summed E-state index contributed by atoms with van der Waals surface area (Å²) in [6, 6.07) is 3.88. The fourth-order valence-corrected chi connectivity index (χ4v) is 1.85. The lowest BCUT2D eigenvalue weighted by Crippen LogP contribution is -2.24. The van der Waals surface area contributed by atoms with Crippen molar-refractivity contribution in [3.05, 3.63) is 40.7 Å². The zero-order chi connectivity index (χ0) is 10.5. The maximum atomic E-state index is 11.4. The van der Waals surface area contributed by atoms with Crippen LogP contribution in [0.15, 0.2) is 34.6 Å². The fourth-order valence-electron chi connectivity index (χ4n) is 1.15. The van der Waals surface area contributed by atoms with E-state index in [0.717, 1.165) is 10.6 Å². The van der Waals surface area contributed by atoms with Crippen molar-refractivity contribution in [3.8, 4) is 0 Å². The molecule has 0 atom stereocenters. The summed E-state index contributed by atoms with van der Waals surface area (Å²) >= 11 is 1.58. The number of thiophene rings is 1. The first-order valence-electron chi connectivity index (χ1n) is 4.51. The molecule has 2 aromatic heterocycles. The van der Waals surface area contributed by atoms with Crippen LogP contribution >= 0.6 is 11.3 Å². The van der Waals surface area contributed by atoms with Crippen LogP contribution in [0.4, 0.5) is 0 Å². The zero-order valence-electron chi connectivity index (χ0n) is 7.97. The van der Waals surface area contributed by atoms with E-state index in [1.54, 1.807) is 11.3 Å². The molecule has 0 bridgehead atoms. The molecule has 15 heavy (non-hydrogen) atoms. The molecule has 0 spiro atoms. The molecule has 4 nitrogen and oxygen atoms in total. The molecular formula is C10H10N2O2S. The quantitative estimate of drug-likeness (QED) is 0.854. The van der Waals surface area contributed by atoms with Crippen LogP contribution in [-0.4, -0.2) is 10.9 Å². The second-order valence-electron chi connectivity index (χ2n) is 3.01. The zero-order valence-corrected chi connectivity index (χ0v) is 8.79. The Hall–Kier alpha value is -1.62. The highest BCUT2D eigenvalue weighted by atomic mass is 32.1. The van der Waals surface area contributed by atoms with Crippen molar-refractivity contribution in [1.29, 1.82) is 0 Å². The van der Waals surface area contributed by atoms with Gasteiger partial charge in [-0.1, -0.05) is 6.07 Å². The van der Waals surface area contributed by atoms with Crippen LogP contribution in [0.25, 0.3) is 0 Å². The molecule has 0 aliphatic rings. The Balaban J connectivity index is 1.78. The molecule has 2 rings (SSSR count). The van der Waals surface area contributed by atoms with Crippen molar-refractivity contribution in [2.24, 2.45) is 0 Å². The highest BCUT2D eigenvalue weighted by molar-refractivity contribution is 7.10. The third-order valence-corrected chi connectivity index (χ3v) is 2.74. The van der Waals surface area contributed by atoms with E-state index in [1.807, 2.05) is 17.5 Å². The summed E-state index contributed by atoms with van der Waals surface area (Å²) < 4.78 is 4.79. The van der Waals surface area contributed by atoms with Gasteiger partial charge in [0.1, 0.15) is 6.26 Å². The van der Waals surface area contributed by atoms with Gasteiger partial charge in [0.2, 0.25) is 5.91 Å². The summed E-state index contributed by atoms with van der Waals surface area (Å²) in [6.07, 6.45) is 3.29. The molecule has 0 unspecified atom stereocenters. The molecule has 0 fully saturated rings. The van der Waals surface area contributed by atoms with E-state index in [-0.39, 0.29) is 5.91 Å². The average molecular weight is 222 g/mol. The van der Waals surface area contributed by atoms with Crippen LogP contribution in [0.2, 0.25) is 0 Å². The number of hydrogen-bond donors (Lipinski definition) is 1. The minimum absolute atomic E-state index is 0.000417. The van der Waals surface area contributed by atoms with Crippen LogP contribution in [0, 0.1) is 0 Å². The van der Waals surface area contributed by atoms with Gasteiger partial charge in [-0.2, -0.15) is 0 Å². The summed E-state index contributed by atoms with van der Waals surface area (Å²) in [5.41, 5.74) is 0.731. The van der Waals surface area contributed by atoms with E-state index < -0.39 is 0 Å². The van der Waals surface area contributed by atoms with Gasteiger partial charge in [0.15, 0.2) is 6.39 Å². The Morgan fingerprint density at radius 2 is 2.53 bits per heavy atom. The summed E-state index contributed by atoms with van der Waals surface area (Å²) in [5.74, 6) is 0.000417. The number of oxazole rings is 1. The molecule has 5 heteroatoms. The first kappa shape index (κ1) is 9.92. The topological polar surface area (TPSA) is 55.1 Å². The molecular weight excluding hydrogens is 212 g/mol. The number of rotatable bonds is 4. The number of nitrogens with one attached hydrogen (secondary N) is 1. The van der Waals surface area contributed by atoms with Crippen molar-refractivity contribution in [1.82, 2.24) is 10.3 Å². The number of carbonyl (C=O) groups excluding carboxylic acids is 1. The van der Waals surface area contributed by atoms with Gasteiger partial charge in [-0.05, 0) is 11.4 Å². The van der Waals surface area contributed by atoms with Crippen LogP contribution in [0.3, 0.4) is 0 Å². The molecule has 0 radical (unpaired) electrons. The Bertz CT molecular complexity index is 409. The van der Waals surface area contributed by atoms with Gasteiger partial charge in [0.25, 0.3) is 0 Å². The Morgan fingerprint density at radius 1 is 1.60 bits per heavy atom. The first-order chi connectivity index (χ1) is 7.34. The molecule has 0 saturated carbocycles. The van der Waals surface area contributed by atoms with E-state index in [9.17, 15) is 4.79 Å². The predicted molar refractivity (Wildman–Crippen MR) is 56.4 cm³/mol. The summed E-state index contributed by atoms with van der Waals surface area (Å²) in [7, 11) is 0. The second kappa shape index (κ2) is 4.75. The normalized spacial score (nSPS) is 10.1. The van der Waals surface area contributed by atoms with Crippen molar-refractivity contribution >= 4 is 17.2 Å². The smallest absolute Gasteiger partial charge is 0.225 e. The maximum Gasteiger partial charge on any atom is 0.225 e. The summed E-state index contributed by atoms with van der Waals surface area (Å²) in [4.78, 5) is 16.4. The van der Waals surface area contributed by atoms with Gasteiger partial charge in [0, 0.05) is 4.88 Å². The largest absolute Gasteiger partial charge is 0.451 e. The van der Waals surface area contributed by atoms with Crippen LogP contribution in [0.1, 0.15) is 10.6 Å². The summed E-state index contributed by atoms with van der Waals surface area (Å²) in [5, 5.41) is 4.73. The lowest BCUT2D eigenvalue weighted by molar-refractivity contribution is -0.120. The monoisotopic (exact) mass is 222 g/mol. The number of hydrogen-bond acceptors (Lipinski definition) is 4. The van der Waals surface area contributed by atoms with Crippen molar-refractivity contribution in [2.45, 2.75) is 13.0 Å². The van der Waals surface area contributed by atoms with E-state index in [4.69, 9.17) is 4.42 Å². The molecule has 2 aromatic rings. The fraction of sp³-hybridized carbons (Fsp3) is 0.200. The number of aromatic nitrogens is 1. The SMILES string of the molecule is O=C(Cc1cccs1)NCc1cocn1. The number of amides is 1. The average Bonchev–Trinajstić information content (AvgIpc) is 2.86. The molecule has 0 saturated heterocycles. The van der Waals surface area contributed by atoms with E-state index in [1.165, 1.54) is 12.7 Å². The summed E-state index contributed by atoms with van der Waals surface area (Å²) in [6.45, 7) is 0.417. The first-order valence-corrected chi connectivity index (χ1v) is 5.39. The maximum absolute atomic E-state index is 11.4. The van der Waals surface area contributed by atoms with Crippen LogP contribution in [-0.2, 0) is 17.8 Å². The molecule has 0 aliphatic carbocycles. The molecule has 78 valence electrons. The highest BCUT2D eigenvalue weighted by Crippen LogP contribution is 2.08. The minimum atomic E-state index is 0.000417. The third-order valence-electron chi connectivity index (χ3n) is 1.87. The van der Waals surface area contributed by atoms with Gasteiger partial charge in [-0.3, -0.25) is 4.79 Å². The lowest BCUT2D eigenvalue weighted by Gasteiger charge is -2.00. The molecule has 0 aromatic carbocycles. The standard InChI is InChI=1S/C10H10N2O2S/c13-10(4-9-2-1-3-15-9)11-5-8-6-14-7-12-8/h1-3,6-7H,4-5H2,(H,11,13). The predicted octanol–water partition coefficient (Wildman–Crippen LogP) is 1.59. The van der Waals surface area contributed by atoms with Gasteiger partial charge in [0.05, 0.1) is 18.7 Å². The second-order valence-corrected chi connectivity index (χ2v) is 4.04. The van der Waals surface area contributed by atoms with Gasteiger partial charge in [-0.25, -0.2) is 4.98 Å². The Morgan fingerprint density at radius 3 is 3.20 bits per heavy atom. The van der Waals surface area contributed by atoms with Crippen molar-refractivity contribution in [2.75, 3.05) is 0 Å². The molecule has 1 N–H and O–H groups in total. The van der Waals surface area contributed by atoms with Gasteiger partial charge < -0.3 is 9.73 Å². The Kier molecular flexibility index (Phi) is 3.14. The number of carbonyl (C=O) groups is 1. The van der Waals surface area contributed by atoms with Crippen LogP contribution < -0.4 is 5.32 Å². The molecule has 2 heterocycles. The van der Waals surface area contributed by atoms with E-state index in [0.29, 0.717) is 13.0 Å². The Labute approximate surface area is 90.9 Å². The van der Waals surface area contributed by atoms with Crippen molar-refractivity contribution in [3.63, 3.8) is 0 Å². The van der Waals surface area contributed by atoms with E-state index >= 15 is 0 Å². The van der Waals surface area contributed by atoms with Gasteiger partial charge >= 0.3 is 0 Å². The molecule has 0 aliphatic heterocycles. The molecule has 1 amide bonds. The van der Waals surface area contributed by atoms with Crippen molar-refractivity contribution < 1.29 is 9.21 Å². The number of nitrogens with zero attached hydrogens (tertiary/aromatic N) is 1. The van der Waals surface area contributed by atoms with Gasteiger partial charge in [-0.15, -0.1) is 11.3 Å². The van der Waals surface area contributed by atoms with Crippen LogP contribution in [0.5, 0.6) is 0 Å².